The fraction of sp³-hybridized carbons (Fsp3) is 0.526. The molecule has 136 valence electrons. The van der Waals surface area contributed by atoms with Crippen LogP contribution >= 0.6 is 0 Å². The van der Waals surface area contributed by atoms with E-state index in [9.17, 15) is 5.11 Å². The molecule has 0 amide bonds. The molecule has 2 aromatic rings. The van der Waals surface area contributed by atoms with E-state index in [-0.39, 0.29) is 11.8 Å². The summed E-state index contributed by atoms with van der Waals surface area (Å²) in [7, 11) is 3.09. The molecular weight excluding hydrogens is 320 g/mol. The number of ether oxygens (including phenoxy) is 2. The summed E-state index contributed by atoms with van der Waals surface area (Å²) in [5.41, 5.74) is 1.95. The minimum Gasteiger partial charge on any atom is -0.502 e. The smallest absolute Gasteiger partial charge is 0.200 e. The summed E-state index contributed by atoms with van der Waals surface area (Å²) in [5, 5.41) is 14.2. The van der Waals surface area contributed by atoms with E-state index < -0.39 is 0 Å². The highest BCUT2D eigenvalue weighted by Gasteiger charge is 2.26. The van der Waals surface area contributed by atoms with Gasteiger partial charge in [0, 0.05) is 12.6 Å². The number of aromatic hydroxyl groups is 1. The lowest BCUT2D eigenvalue weighted by Gasteiger charge is -2.28. The first-order valence-corrected chi connectivity index (χ1v) is 8.73. The van der Waals surface area contributed by atoms with E-state index in [0.717, 1.165) is 42.9 Å². The zero-order valence-electron chi connectivity index (χ0n) is 15.1. The van der Waals surface area contributed by atoms with E-state index in [1.807, 2.05) is 25.1 Å². The maximum atomic E-state index is 10.1. The van der Waals surface area contributed by atoms with Crippen LogP contribution in [0.4, 0.5) is 0 Å². The highest BCUT2D eigenvalue weighted by atomic mass is 16.5. The van der Waals surface area contributed by atoms with Crippen LogP contribution in [0.15, 0.2) is 22.7 Å². The van der Waals surface area contributed by atoms with Crippen molar-refractivity contribution in [2.45, 2.75) is 45.2 Å². The number of benzene rings is 1. The number of aryl methyl sites for hydroxylation is 1. The molecule has 0 unspecified atom stereocenters. The van der Waals surface area contributed by atoms with Gasteiger partial charge in [0.1, 0.15) is 0 Å². The van der Waals surface area contributed by atoms with Gasteiger partial charge in [-0.05, 0) is 44.0 Å². The SMILES string of the molecule is COc1cc(CN2CCCCC[C@@H]2c2cc(C)no2)cc(OC)c1O. The molecule has 6 nitrogen and oxygen atoms in total. The maximum absolute atomic E-state index is 10.1. The topological polar surface area (TPSA) is 68.0 Å². The highest BCUT2D eigenvalue weighted by Crippen LogP contribution is 2.39. The van der Waals surface area contributed by atoms with Crippen LogP contribution in [0.3, 0.4) is 0 Å². The molecule has 2 heterocycles. The summed E-state index contributed by atoms with van der Waals surface area (Å²) in [4.78, 5) is 2.41. The third kappa shape index (κ3) is 3.90. The minimum atomic E-state index is 0.0343. The molecule has 0 bridgehead atoms. The van der Waals surface area contributed by atoms with Crippen LogP contribution in [0, 0.1) is 6.92 Å². The number of methoxy groups -OCH3 is 2. The van der Waals surface area contributed by atoms with Gasteiger partial charge in [0.05, 0.1) is 26.0 Å². The van der Waals surface area contributed by atoms with Crippen LogP contribution in [0.1, 0.15) is 48.7 Å². The average Bonchev–Trinajstić information content (AvgIpc) is 2.91. The van der Waals surface area contributed by atoms with Gasteiger partial charge < -0.3 is 19.1 Å². The van der Waals surface area contributed by atoms with Gasteiger partial charge in [0.15, 0.2) is 17.3 Å². The lowest BCUT2D eigenvalue weighted by molar-refractivity contribution is 0.159. The second-order valence-corrected chi connectivity index (χ2v) is 6.56. The monoisotopic (exact) mass is 346 g/mol. The van der Waals surface area contributed by atoms with Gasteiger partial charge in [0.2, 0.25) is 5.75 Å². The fourth-order valence-corrected chi connectivity index (χ4v) is 3.49. The van der Waals surface area contributed by atoms with Crippen LogP contribution in [0.2, 0.25) is 0 Å². The molecule has 0 spiro atoms. The Bertz CT molecular complexity index is 688. The molecule has 0 aliphatic carbocycles. The van der Waals surface area contributed by atoms with Gasteiger partial charge in [-0.3, -0.25) is 4.90 Å². The van der Waals surface area contributed by atoms with Crippen molar-refractivity contribution < 1.29 is 19.1 Å². The highest BCUT2D eigenvalue weighted by molar-refractivity contribution is 5.52. The second kappa shape index (κ2) is 7.78. The van der Waals surface area contributed by atoms with E-state index in [4.69, 9.17) is 14.0 Å². The van der Waals surface area contributed by atoms with E-state index >= 15 is 0 Å². The van der Waals surface area contributed by atoms with Crippen LogP contribution < -0.4 is 9.47 Å². The molecule has 1 aromatic heterocycles. The lowest BCUT2D eigenvalue weighted by atomic mass is 10.1. The summed E-state index contributed by atoms with van der Waals surface area (Å²) in [5.74, 6) is 1.82. The number of hydrogen-bond acceptors (Lipinski definition) is 6. The number of phenols is 1. The first kappa shape index (κ1) is 17.6. The van der Waals surface area contributed by atoms with Gasteiger partial charge in [-0.15, -0.1) is 0 Å². The molecule has 0 radical (unpaired) electrons. The summed E-state index contributed by atoms with van der Waals surface area (Å²) in [6.07, 6.45) is 4.63. The third-order valence-electron chi connectivity index (χ3n) is 4.76. The van der Waals surface area contributed by atoms with Gasteiger partial charge >= 0.3 is 0 Å². The zero-order chi connectivity index (χ0) is 17.8. The van der Waals surface area contributed by atoms with Crippen molar-refractivity contribution in [3.05, 3.63) is 35.2 Å². The van der Waals surface area contributed by atoms with Crippen molar-refractivity contribution in [2.75, 3.05) is 20.8 Å². The average molecular weight is 346 g/mol. The number of likely N-dealkylation sites (tertiary alicyclic amines) is 1. The third-order valence-corrected chi connectivity index (χ3v) is 4.76. The molecule has 1 N–H and O–H groups in total. The molecule has 3 rings (SSSR count). The quantitative estimate of drug-likeness (QED) is 0.887. The standard InChI is InChI=1S/C19H26N2O4/c1-13-9-16(25-20-13)15-7-5-4-6-8-21(15)12-14-10-17(23-2)19(22)18(11-14)24-3/h9-11,15,22H,4-8,12H2,1-3H3/t15-/m1/s1. The second-order valence-electron chi connectivity index (χ2n) is 6.56. The number of aromatic nitrogens is 1. The molecule has 1 fully saturated rings. The van der Waals surface area contributed by atoms with Crippen LogP contribution in [0.5, 0.6) is 17.2 Å². The Morgan fingerprint density at radius 3 is 2.48 bits per heavy atom. The van der Waals surface area contributed by atoms with Gasteiger partial charge in [-0.25, -0.2) is 0 Å². The Kier molecular flexibility index (Phi) is 5.48. The molecule has 1 aromatic carbocycles. The molecule has 25 heavy (non-hydrogen) atoms. The lowest BCUT2D eigenvalue weighted by Crippen LogP contribution is -2.28. The van der Waals surface area contributed by atoms with Crippen LogP contribution in [-0.2, 0) is 6.54 Å². The molecule has 0 saturated carbocycles. The Morgan fingerprint density at radius 2 is 1.88 bits per heavy atom. The minimum absolute atomic E-state index is 0.0343. The molecule has 1 aliphatic rings. The Hall–Kier alpha value is -2.21. The van der Waals surface area contributed by atoms with Crippen molar-refractivity contribution in [2.24, 2.45) is 0 Å². The normalized spacial score (nSPS) is 18.8. The first-order valence-electron chi connectivity index (χ1n) is 8.73. The van der Waals surface area contributed by atoms with E-state index in [1.165, 1.54) is 12.8 Å². The molecule has 1 atom stereocenters. The maximum Gasteiger partial charge on any atom is 0.200 e. The number of nitrogens with zero attached hydrogens (tertiary/aromatic N) is 2. The van der Waals surface area contributed by atoms with Gasteiger partial charge in [-0.1, -0.05) is 18.0 Å². The molecule has 1 saturated heterocycles. The molecule has 1 aliphatic heterocycles. The van der Waals surface area contributed by atoms with E-state index in [2.05, 4.69) is 10.1 Å². The van der Waals surface area contributed by atoms with Gasteiger partial charge in [-0.2, -0.15) is 0 Å². The summed E-state index contributed by atoms with van der Waals surface area (Å²) >= 11 is 0. The van der Waals surface area contributed by atoms with E-state index in [0.29, 0.717) is 11.5 Å². The number of hydrogen-bond donors (Lipinski definition) is 1. The van der Waals surface area contributed by atoms with Crippen molar-refractivity contribution in [1.82, 2.24) is 10.1 Å². The first-order chi connectivity index (χ1) is 12.1. The van der Waals surface area contributed by atoms with Crippen LogP contribution in [-0.4, -0.2) is 35.9 Å². The number of phenolic OH excluding ortho intramolecular Hbond substituents is 1. The summed E-state index contributed by atoms with van der Waals surface area (Å²) < 4.78 is 16.1. The summed E-state index contributed by atoms with van der Waals surface area (Å²) in [6.45, 7) is 3.68. The number of rotatable bonds is 5. The van der Waals surface area contributed by atoms with Crippen molar-refractivity contribution in [3.8, 4) is 17.2 Å². The van der Waals surface area contributed by atoms with Crippen molar-refractivity contribution in [3.63, 3.8) is 0 Å². The Balaban J connectivity index is 1.88. The van der Waals surface area contributed by atoms with Crippen LogP contribution in [0.25, 0.3) is 0 Å². The predicted octanol–water partition coefficient (Wildman–Crippen LogP) is 3.82. The van der Waals surface area contributed by atoms with Crippen molar-refractivity contribution in [1.29, 1.82) is 0 Å². The molecule has 6 heteroatoms. The predicted molar refractivity (Wildman–Crippen MR) is 94.1 cm³/mol. The summed E-state index contributed by atoms with van der Waals surface area (Å²) in [6, 6.07) is 5.98. The van der Waals surface area contributed by atoms with E-state index in [1.54, 1.807) is 14.2 Å². The zero-order valence-corrected chi connectivity index (χ0v) is 15.1. The largest absolute Gasteiger partial charge is 0.502 e. The fourth-order valence-electron chi connectivity index (χ4n) is 3.49. The Labute approximate surface area is 148 Å². The Morgan fingerprint density at radius 1 is 1.16 bits per heavy atom. The van der Waals surface area contributed by atoms with Crippen molar-refractivity contribution >= 4 is 0 Å². The molecular formula is C19H26N2O4. The van der Waals surface area contributed by atoms with Gasteiger partial charge in [0.25, 0.3) is 0 Å².